The molecule has 5 N–H and O–H groups in total. The van der Waals surface area contributed by atoms with Crippen molar-refractivity contribution in [2.24, 2.45) is 0 Å². The van der Waals surface area contributed by atoms with Crippen molar-refractivity contribution in [2.75, 3.05) is 23.9 Å². The molecule has 106 valence electrons. The first-order chi connectivity index (χ1) is 9.43. The molecule has 0 saturated heterocycles. The maximum absolute atomic E-state index is 14.0. The number of nitrogens with one attached hydrogen (secondary N) is 1. The molecular weight excluding hydrogens is 288 g/mol. The van der Waals surface area contributed by atoms with Crippen molar-refractivity contribution in [3.05, 3.63) is 40.9 Å². The van der Waals surface area contributed by atoms with Crippen LogP contribution >= 0.6 is 11.6 Å². The predicted molar refractivity (Wildman–Crippen MR) is 76.5 cm³/mol. The third kappa shape index (κ3) is 2.55. The van der Waals surface area contributed by atoms with E-state index in [0.717, 1.165) is 0 Å². The molecule has 0 radical (unpaired) electrons. The Balaban J connectivity index is 2.42. The van der Waals surface area contributed by atoms with Gasteiger partial charge in [-0.2, -0.15) is 0 Å². The predicted octanol–water partition coefficient (Wildman–Crippen LogP) is 3.53. The number of methoxy groups -OCH3 is 1. The number of halogens is 3. The Hall–Kier alpha value is -2.21. The fraction of sp³-hybridized carbons (Fsp3) is 0.0769. The average Bonchev–Trinajstić information content (AvgIpc) is 2.43. The number of anilines is 4. The molecule has 4 nitrogen and oxygen atoms in total. The van der Waals surface area contributed by atoms with E-state index in [2.05, 4.69) is 5.32 Å². The second kappa shape index (κ2) is 5.42. The van der Waals surface area contributed by atoms with Crippen LogP contribution in [0.15, 0.2) is 24.3 Å². The highest BCUT2D eigenvalue weighted by Gasteiger charge is 2.15. The molecule has 2 aromatic carbocycles. The molecule has 0 amide bonds. The lowest BCUT2D eigenvalue weighted by molar-refractivity contribution is 0.387. The first-order valence-electron chi connectivity index (χ1n) is 5.57. The van der Waals surface area contributed by atoms with Gasteiger partial charge in [-0.1, -0.05) is 11.6 Å². The van der Waals surface area contributed by atoms with Crippen LogP contribution in [0, 0.1) is 11.6 Å². The third-order valence-electron chi connectivity index (χ3n) is 2.69. The Bertz CT molecular complexity index is 665. The zero-order valence-electron chi connectivity index (χ0n) is 10.5. The van der Waals surface area contributed by atoms with Gasteiger partial charge in [-0.25, -0.2) is 8.78 Å². The van der Waals surface area contributed by atoms with Crippen LogP contribution in [0.1, 0.15) is 0 Å². The molecule has 0 atom stereocenters. The van der Waals surface area contributed by atoms with Crippen LogP contribution in [-0.2, 0) is 0 Å². The zero-order chi connectivity index (χ0) is 14.9. The van der Waals surface area contributed by atoms with Gasteiger partial charge in [-0.15, -0.1) is 0 Å². The molecule has 7 heteroatoms. The van der Waals surface area contributed by atoms with Gasteiger partial charge in [0.2, 0.25) is 0 Å². The number of hydrogen-bond acceptors (Lipinski definition) is 4. The highest BCUT2D eigenvalue weighted by Crippen LogP contribution is 2.36. The number of nitrogen functional groups attached to an aromatic ring is 2. The Morgan fingerprint density at radius 2 is 1.85 bits per heavy atom. The molecule has 0 aliphatic carbocycles. The standard InChI is InChI=1S/C13H12ClF2N3O/c1-20-10-4-6(2-3-7(10)15)19-13-9(18)5-8(17)11(14)12(13)16/h2-5,19H,17-18H2,1H3. The number of ether oxygens (including phenoxy) is 1. The van der Waals surface area contributed by atoms with E-state index in [4.69, 9.17) is 27.8 Å². The molecule has 0 fully saturated rings. The summed E-state index contributed by atoms with van der Waals surface area (Å²) in [6.07, 6.45) is 0. The molecule has 0 unspecified atom stereocenters. The van der Waals surface area contributed by atoms with E-state index in [1.165, 1.54) is 31.4 Å². The van der Waals surface area contributed by atoms with Crippen molar-refractivity contribution in [2.45, 2.75) is 0 Å². The van der Waals surface area contributed by atoms with Crippen molar-refractivity contribution >= 4 is 34.4 Å². The number of hydrogen-bond donors (Lipinski definition) is 3. The molecule has 0 aromatic heterocycles. The van der Waals surface area contributed by atoms with E-state index >= 15 is 0 Å². The summed E-state index contributed by atoms with van der Waals surface area (Å²) in [6.45, 7) is 0. The second-order valence-electron chi connectivity index (χ2n) is 4.03. The summed E-state index contributed by atoms with van der Waals surface area (Å²) in [5.41, 5.74) is 11.7. The number of rotatable bonds is 3. The summed E-state index contributed by atoms with van der Waals surface area (Å²) in [4.78, 5) is 0. The normalized spacial score (nSPS) is 10.4. The Labute approximate surface area is 119 Å². The van der Waals surface area contributed by atoms with Gasteiger partial charge in [0.25, 0.3) is 0 Å². The van der Waals surface area contributed by atoms with Crippen LogP contribution in [0.25, 0.3) is 0 Å². The minimum absolute atomic E-state index is 0.0236. The van der Waals surface area contributed by atoms with Crippen molar-refractivity contribution in [1.29, 1.82) is 0 Å². The van der Waals surface area contributed by atoms with Crippen LogP contribution in [0.5, 0.6) is 5.75 Å². The lowest BCUT2D eigenvalue weighted by Gasteiger charge is -2.13. The summed E-state index contributed by atoms with van der Waals surface area (Å²) in [5, 5.41) is 2.50. The maximum atomic E-state index is 14.0. The van der Waals surface area contributed by atoms with Gasteiger partial charge in [0.15, 0.2) is 17.4 Å². The Morgan fingerprint density at radius 1 is 1.15 bits per heavy atom. The van der Waals surface area contributed by atoms with Gasteiger partial charge in [0, 0.05) is 11.8 Å². The van der Waals surface area contributed by atoms with Gasteiger partial charge in [-0.3, -0.25) is 0 Å². The van der Waals surface area contributed by atoms with Crippen LogP contribution in [0.4, 0.5) is 31.5 Å². The summed E-state index contributed by atoms with van der Waals surface area (Å²) < 4.78 is 32.1. The lowest BCUT2D eigenvalue weighted by Crippen LogP contribution is -2.03. The number of nitrogens with two attached hydrogens (primary N) is 2. The Kier molecular flexibility index (Phi) is 3.85. The van der Waals surface area contributed by atoms with E-state index in [0.29, 0.717) is 5.69 Å². The van der Waals surface area contributed by atoms with E-state index < -0.39 is 11.6 Å². The monoisotopic (exact) mass is 299 g/mol. The van der Waals surface area contributed by atoms with E-state index in [9.17, 15) is 8.78 Å². The molecule has 2 rings (SSSR count). The first kappa shape index (κ1) is 14.2. The minimum Gasteiger partial charge on any atom is -0.494 e. The first-order valence-corrected chi connectivity index (χ1v) is 5.95. The van der Waals surface area contributed by atoms with Crippen molar-refractivity contribution in [1.82, 2.24) is 0 Å². The molecule has 20 heavy (non-hydrogen) atoms. The van der Waals surface area contributed by atoms with E-state index in [1.54, 1.807) is 0 Å². The smallest absolute Gasteiger partial charge is 0.169 e. The molecular formula is C13H12ClF2N3O. The fourth-order valence-electron chi connectivity index (χ4n) is 1.68. The topological polar surface area (TPSA) is 73.3 Å². The largest absolute Gasteiger partial charge is 0.494 e. The van der Waals surface area contributed by atoms with E-state index in [1.807, 2.05) is 0 Å². The molecule has 0 aliphatic rings. The third-order valence-corrected chi connectivity index (χ3v) is 3.07. The van der Waals surface area contributed by atoms with Gasteiger partial charge < -0.3 is 21.5 Å². The number of benzene rings is 2. The molecule has 0 bridgehead atoms. The highest BCUT2D eigenvalue weighted by molar-refractivity contribution is 6.33. The quantitative estimate of drug-likeness (QED) is 0.758. The maximum Gasteiger partial charge on any atom is 0.169 e. The fourth-order valence-corrected chi connectivity index (χ4v) is 1.82. The highest BCUT2D eigenvalue weighted by atomic mass is 35.5. The Morgan fingerprint density at radius 3 is 2.50 bits per heavy atom. The summed E-state index contributed by atoms with van der Waals surface area (Å²) in [6, 6.07) is 5.32. The van der Waals surface area contributed by atoms with E-state index in [-0.39, 0.29) is 27.8 Å². The van der Waals surface area contributed by atoms with Crippen LogP contribution in [0.2, 0.25) is 5.02 Å². The van der Waals surface area contributed by atoms with Gasteiger partial charge >= 0.3 is 0 Å². The molecule has 2 aromatic rings. The molecule has 0 aliphatic heterocycles. The minimum atomic E-state index is -0.771. The van der Waals surface area contributed by atoms with Crippen LogP contribution < -0.4 is 21.5 Å². The van der Waals surface area contributed by atoms with Crippen molar-refractivity contribution < 1.29 is 13.5 Å². The second-order valence-corrected chi connectivity index (χ2v) is 4.41. The van der Waals surface area contributed by atoms with Gasteiger partial charge in [0.1, 0.15) is 5.02 Å². The van der Waals surface area contributed by atoms with Gasteiger partial charge in [-0.05, 0) is 18.2 Å². The van der Waals surface area contributed by atoms with Crippen molar-refractivity contribution in [3.63, 3.8) is 0 Å². The SMILES string of the molecule is COc1cc(Nc2c(N)cc(N)c(Cl)c2F)ccc1F. The summed E-state index contributed by atoms with van der Waals surface area (Å²) in [5.74, 6) is -1.27. The average molecular weight is 300 g/mol. The lowest BCUT2D eigenvalue weighted by atomic mass is 10.2. The van der Waals surface area contributed by atoms with Gasteiger partial charge in [0.05, 0.1) is 24.2 Å². The summed E-state index contributed by atoms with van der Waals surface area (Å²) in [7, 11) is 1.33. The van der Waals surface area contributed by atoms with Crippen LogP contribution in [0.3, 0.4) is 0 Å². The van der Waals surface area contributed by atoms with Crippen LogP contribution in [-0.4, -0.2) is 7.11 Å². The zero-order valence-corrected chi connectivity index (χ0v) is 11.3. The molecule has 0 spiro atoms. The van der Waals surface area contributed by atoms with Crippen molar-refractivity contribution in [3.8, 4) is 5.75 Å². The summed E-state index contributed by atoms with van der Waals surface area (Å²) >= 11 is 5.72. The molecule has 0 heterocycles. The molecule has 0 saturated carbocycles.